The van der Waals surface area contributed by atoms with Crippen molar-refractivity contribution in [3.8, 4) is 0 Å². The Morgan fingerprint density at radius 3 is 2.79 bits per heavy atom. The molecule has 24 heavy (non-hydrogen) atoms. The van der Waals surface area contributed by atoms with Crippen LogP contribution in [0.4, 0.5) is 0 Å². The highest BCUT2D eigenvalue weighted by Crippen LogP contribution is 2.25. The van der Waals surface area contributed by atoms with E-state index >= 15 is 0 Å². The van der Waals surface area contributed by atoms with Crippen LogP contribution in [0.15, 0.2) is 54.6 Å². The van der Waals surface area contributed by atoms with Crippen molar-refractivity contribution in [1.29, 1.82) is 0 Å². The maximum absolute atomic E-state index is 12.5. The predicted octanol–water partition coefficient (Wildman–Crippen LogP) is 2.96. The summed E-state index contributed by atoms with van der Waals surface area (Å²) in [6.45, 7) is 1.56. The first-order chi connectivity index (χ1) is 11.8. The number of benzene rings is 2. The lowest BCUT2D eigenvalue weighted by Crippen LogP contribution is -2.36. The number of amides is 1. The second kappa shape index (κ2) is 6.48. The van der Waals surface area contributed by atoms with Crippen LogP contribution in [-0.2, 0) is 24.2 Å². The molecule has 1 aromatic heterocycles. The van der Waals surface area contributed by atoms with E-state index in [4.69, 9.17) is 4.98 Å². The molecule has 1 amide bonds. The molecule has 122 valence electrons. The monoisotopic (exact) mass is 319 g/mol. The maximum atomic E-state index is 12.5. The van der Waals surface area contributed by atoms with Gasteiger partial charge in [0.15, 0.2) is 0 Å². The van der Waals surface area contributed by atoms with E-state index in [1.807, 2.05) is 36.4 Å². The van der Waals surface area contributed by atoms with Crippen molar-refractivity contribution < 1.29 is 4.79 Å². The van der Waals surface area contributed by atoms with Gasteiger partial charge in [0.1, 0.15) is 5.82 Å². The predicted molar refractivity (Wildman–Crippen MR) is 94.7 cm³/mol. The van der Waals surface area contributed by atoms with Gasteiger partial charge in [0, 0.05) is 25.4 Å². The average Bonchev–Trinajstić information content (AvgIpc) is 3.00. The molecule has 2 heterocycles. The van der Waals surface area contributed by atoms with Crippen LogP contribution in [-0.4, -0.2) is 22.0 Å². The highest BCUT2D eigenvalue weighted by molar-refractivity contribution is 5.80. The Hall–Kier alpha value is -2.62. The summed E-state index contributed by atoms with van der Waals surface area (Å²) < 4.78 is 2.25. The minimum absolute atomic E-state index is 0.0325. The van der Waals surface area contributed by atoms with Gasteiger partial charge in [-0.05, 0) is 30.5 Å². The molecule has 0 fully saturated rings. The summed E-state index contributed by atoms with van der Waals surface area (Å²) in [4.78, 5) is 17.2. The summed E-state index contributed by atoms with van der Waals surface area (Å²) in [7, 11) is 0. The fourth-order valence-corrected chi connectivity index (χ4v) is 3.48. The Morgan fingerprint density at radius 2 is 1.92 bits per heavy atom. The molecule has 1 aliphatic rings. The molecule has 2 aromatic carbocycles. The van der Waals surface area contributed by atoms with Crippen LogP contribution in [0, 0.1) is 5.92 Å². The summed E-state index contributed by atoms with van der Waals surface area (Å²) in [6, 6.07) is 18.4. The van der Waals surface area contributed by atoms with E-state index in [1.165, 1.54) is 11.1 Å². The van der Waals surface area contributed by atoms with E-state index in [0.29, 0.717) is 6.54 Å². The third kappa shape index (κ3) is 2.92. The van der Waals surface area contributed by atoms with Crippen molar-refractivity contribution in [2.24, 2.45) is 5.92 Å². The smallest absolute Gasteiger partial charge is 0.223 e. The van der Waals surface area contributed by atoms with Crippen LogP contribution in [0.5, 0.6) is 0 Å². The summed E-state index contributed by atoms with van der Waals surface area (Å²) in [5, 5.41) is 3.09. The number of carbonyl (C=O) groups is 1. The van der Waals surface area contributed by atoms with Crippen LogP contribution in [0.25, 0.3) is 11.0 Å². The maximum Gasteiger partial charge on any atom is 0.223 e. The van der Waals surface area contributed by atoms with E-state index in [2.05, 4.69) is 28.1 Å². The van der Waals surface area contributed by atoms with Crippen LogP contribution in [0.3, 0.4) is 0 Å². The molecule has 0 saturated carbocycles. The molecule has 1 aliphatic heterocycles. The molecular weight excluding hydrogens is 298 g/mol. The molecule has 1 unspecified atom stereocenters. The number of hydrogen-bond acceptors (Lipinski definition) is 2. The summed E-state index contributed by atoms with van der Waals surface area (Å²) in [5.41, 5.74) is 3.45. The van der Waals surface area contributed by atoms with E-state index in [0.717, 1.165) is 37.1 Å². The number of nitrogens with zero attached hydrogens (tertiary/aromatic N) is 2. The molecule has 1 atom stereocenters. The third-order valence-corrected chi connectivity index (χ3v) is 4.79. The zero-order valence-corrected chi connectivity index (χ0v) is 13.6. The number of para-hydroxylation sites is 2. The number of aryl methyl sites for hydroxylation is 1. The highest BCUT2D eigenvalue weighted by Gasteiger charge is 2.26. The van der Waals surface area contributed by atoms with Crippen molar-refractivity contribution in [2.45, 2.75) is 25.8 Å². The normalized spacial score (nSPS) is 16.8. The van der Waals surface area contributed by atoms with E-state index in [-0.39, 0.29) is 11.8 Å². The van der Waals surface area contributed by atoms with Gasteiger partial charge in [-0.25, -0.2) is 4.98 Å². The van der Waals surface area contributed by atoms with Gasteiger partial charge in [-0.2, -0.15) is 0 Å². The van der Waals surface area contributed by atoms with Gasteiger partial charge in [0.2, 0.25) is 5.91 Å². The molecule has 0 spiro atoms. The first-order valence-corrected chi connectivity index (χ1v) is 8.57. The van der Waals surface area contributed by atoms with Crippen molar-refractivity contribution in [3.05, 3.63) is 66.0 Å². The van der Waals surface area contributed by atoms with E-state index < -0.39 is 0 Å². The van der Waals surface area contributed by atoms with Crippen LogP contribution >= 0.6 is 0 Å². The molecule has 0 saturated heterocycles. The number of hydrogen-bond donors (Lipinski definition) is 1. The molecule has 3 aromatic rings. The summed E-state index contributed by atoms with van der Waals surface area (Å²) >= 11 is 0. The number of imidazole rings is 1. The van der Waals surface area contributed by atoms with E-state index in [1.54, 1.807) is 0 Å². The van der Waals surface area contributed by atoms with E-state index in [9.17, 15) is 4.79 Å². The minimum Gasteiger partial charge on any atom is -0.356 e. The van der Waals surface area contributed by atoms with Gasteiger partial charge in [-0.3, -0.25) is 4.79 Å². The Bertz CT molecular complexity index is 854. The largest absolute Gasteiger partial charge is 0.356 e. The van der Waals surface area contributed by atoms with Gasteiger partial charge in [-0.1, -0.05) is 42.5 Å². The fourth-order valence-electron chi connectivity index (χ4n) is 3.48. The van der Waals surface area contributed by atoms with Gasteiger partial charge in [0.05, 0.1) is 11.0 Å². The van der Waals surface area contributed by atoms with Crippen molar-refractivity contribution >= 4 is 16.9 Å². The lowest BCUT2D eigenvalue weighted by atomic mass is 9.96. The van der Waals surface area contributed by atoms with Gasteiger partial charge in [0.25, 0.3) is 0 Å². The summed E-state index contributed by atoms with van der Waals surface area (Å²) in [6.07, 6.45) is 2.48. The Kier molecular flexibility index (Phi) is 4.03. The number of aromatic nitrogens is 2. The van der Waals surface area contributed by atoms with Crippen LogP contribution in [0.2, 0.25) is 0 Å². The Labute approximate surface area is 141 Å². The average molecular weight is 319 g/mol. The zero-order valence-electron chi connectivity index (χ0n) is 13.6. The number of carbonyl (C=O) groups excluding carboxylic acids is 1. The molecule has 4 heteroatoms. The molecule has 4 nitrogen and oxygen atoms in total. The third-order valence-electron chi connectivity index (χ3n) is 4.79. The molecular formula is C20H21N3O. The van der Waals surface area contributed by atoms with Crippen molar-refractivity contribution in [3.63, 3.8) is 0 Å². The standard InChI is InChI=1S/C20H21N3O/c24-20(21-12-10-15-6-2-1-3-7-15)16-11-13-23-18-9-5-4-8-17(18)22-19(23)14-16/h1-9,16H,10-14H2,(H,21,24). The quantitative estimate of drug-likeness (QED) is 0.803. The first-order valence-electron chi connectivity index (χ1n) is 8.57. The number of fused-ring (bicyclic) bond motifs is 3. The summed E-state index contributed by atoms with van der Waals surface area (Å²) in [5.74, 6) is 1.22. The molecule has 1 N–H and O–H groups in total. The topological polar surface area (TPSA) is 46.9 Å². The molecule has 4 rings (SSSR count). The van der Waals surface area contributed by atoms with Crippen LogP contribution < -0.4 is 5.32 Å². The fraction of sp³-hybridized carbons (Fsp3) is 0.300. The Morgan fingerprint density at radius 1 is 1.12 bits per heavy atom. The highest BCUT2D eigenvalue weighted by atomic mass is 16.1. The van der Waals surface area contributed by atoms with Crippen molar-refractivity contribution in [2.75, 3.05) is 6.54 Å². The molecule has 0 aliphatic carbocycles. The second-order valence-corrected chi connectivity index (χ2v) is 6.38. The SMILES string of the molecule is O=C(NCCc1ccccc1)C1CCn2c(nc3ccccc32)C1. The lowest BCUT2D eigenvalue weighted by Gasteiger charge is -2.23. The molecule has 0 radical (unpaired) electrons. The zero-order chi connectivity index (χ0) is 16.4. The van der Waals surface area contributed by atoms with Crippen molar-refractivity contribution in [1.82, 2.24) is 14.9 Å². The van der Waals surface area contributed by atoms with Gasteiger partial charge >= 0.3 is 0 Å². The molecule has 0 bridgehead atoms. The van der Waals surface area contributed by atoms with Gasteiger partial charge < -0.3 is 9.88 Å². The van der Waals surface area contributed by atoms with Gasteiger partial charge in [-0.15, -0.1) is 0 Å². The second-order valence-electron chi connectivity index (χ2n) is 6.38. The lowest BCUT2D eigenvalue weighted by molar-refractivity contribution is -0.125. The first kappa shape index (κ1) is 14.9. The number of nitrogens with one attached hydrogen (secondary N) is 1. The number of rotatable bonds is 4. The minimum atomic E-state index is 0.0325. The van der Waals surface area contributed by atoms with Crippen LogP contribution in [0.1, 0.15) is 17.8 Å². The Balaban J connectivity index is 1.38.